The van der Waals surface area contributed by atoms with Crippen molar-refractivity contribution in [3.8, 4) is 11.4 Å². The molecule has 2 aromatic rings. The summed E-state index contributed by atoms with van der Waals surface area (Å²) in [5.74, 6) is -1.48. The fourth-order valence-electron chi connectivity index (χ4n) is 1.84. The maximum Gasteiger partial charge on any atom is 0.411 e. The fraction of sp³-hybridized carbons (Fsp3) is 0.214. The summed E-state index contributed by atoms with van der Waals surface area (Å²) in [4.78, 5) is 23.3. The van der Waals surface area contributed by atoms with Crippen molar-refractivity contribution in [2.45, 2.75) is 19.1 Å². The van der Waals surface area contributed by atoms with E-state index < -0.39 is 23.9 Å². The highest BCUT2D eigenvalue weighted by Crippen LogP contribution is 2.21. The van der Waals surface area contributed by atoms with Crippen LogP contribution in [0.5, 0.6) is 0 Å². The number of hydrogen-bond acceptors (Lipinski definition) is 3. The van der Waals surface area contributed by atoms with Crippen LogP contribution in [0.15, 0.2) is 35.1 Å². The average Bonchev–Trinajstić information content (AvgIpc) is 2.81. The minimum Gasteiger partial charge on any atom is -0.480 e. The second-order valence-corrected chi connectivity index (χ2v) is 5.24. The van der Waals surface area contributed by atoms with Crippen LogP contribution in [0.3, 0.4) is 0 Å². The van der Waals surface area contributed by atoms with Crippen molar-refractivity contribution < 1.29 is 23.1 Å². The second-order valence-electron chi connectivity index (χ2n) is 4.80. The average molecular weight is 362 g/mol. The van der Waals surface area contributed by atoms with Gasteiger partial charge in [0, 0.05) is 22.9 Å². The molecule has 0 aliphatic rings. The summed E-state index contributed by atoms with van der Waals surface area (Å²) in [6, 6.07) is 4.51. The van der Waals surface area contributed by atoms with Gasteiger partial charge in [0.1, 0.15) is 0 Å². The number of aromatic nitrogens is 3. The second kappa shape index (κ2) is 6.52. The molecule has 1 N–H and O–H groups in total. The van der Waals surface area contributed by atoms with Crippen molar-refractivity contribution in [2.75, 3.05) is 0 Å². The molecule has 0 bridgehead atoms. The SMILES string of the molecule is CC(C(=O)O)n1nc(-c2ccc(Cl)cc2)n(/C=C/C(F)(F)F)c1=O. The standard InChI is InChI=1S/C14H11ClF3N3O3/c1-8(12(22)23)21-13(24)20(7-6-14(16,17)18)11(19-21)9-2-4-10(15)5-3-9/h2-8H,1H3,(H,22,23)/b7-6+. The fourth-order valence-corrected chi connectivity index (χ4v) is 1.97. The Bertz CT molecular complexity index is 838. The Balaban J connectivity index is 2.65. The molecule has 0 fully saturated rings. The molecule has 1 heterocycles. The van der Waals surface area contributed by atoms with Crippen LogP contribution in [0.1, 0.15) is 13.0 Å². The minimum absolute atomic E-state index is 0.134. The van der Waals surface area contributed by atoms with E-state index in [9.17, 15) is 22.8 Å². The first-order chi connectivity index (χ1) is 11.1. The van der Waals surface area contributed by atoms with Crippen LogP contribution in [-0.4, -0.2) is 31.6 Å². The Morgan fingerprint density at radius 3 is 2.42 bits per heavy atom. The third-order valence-corrected chi connectivity index (χ3v) is 3.32. The molecule has 6 nitrogen and oxygen atoms in total. The van der Waals surface area contributed by atoms with Crippen molar-refractivity contribution in [3.63, 3.8) is 0 Å². The summed E-state index contributed by atoms with van der Waals surface area (Å²) >= 11 is 5.75. The van der Waals surface area contributed by atoms with Crippen LogP contribution in [0.2, 0.25) is 5.02 Å². The van der Waals surface area contributed by atoms with Gasteiger partial charge in [-0.15, -0.1) is 5.10 Å². The van der Waals surface area contributed by atoms with Gasteiger partial charge in [0.05, 0.1) is 0 Å². The summed E-state index contributed by atoms with van der Waals surface area (Å²) < 4.78 is 38.5. The van der Waals surface area contributed by atoms with E-state index in [0.29, 0.717) is 26.0 Å². The Morgan fingerprint density at radius 2 is 1.92 bits per heavy atom. The van der Waals surface area contributed by atoms with Gasteiger partial charge in [-0.3, -0.25) is 0 Å². The summed E-state index contributed by atoms with van der Waals surface area (Å²) in [7, 11) is 0. The van der Waals surface area contributed by atoms with E-state index in [1.165, 1.54) is 31.2 Å². The number of hydrogen-bond donors (Lipinski definition) is 1. The van der Waals surface area contributed by atoms with Crippen LogP contribution < -0.4 is 5.69 Å². The third kappa shape index (κ3) is 3.85. The van der Waals surface area contributed by atoms with E-state index in [0.717, 1.165) is 0 Å². The molecule has 0 spiro atoms. The van der Waals surface area contributed by atoms with Crippen LogP contribution in [-0.2, 0) is 4.79 Å². The number of carbonyl (C=O) groups is 1. The molecule has 10 heteroatoms. The number of alkyl halides is 3. The Kier molecular flexibility index (Phi) is 4.83. The zero-order valence-corrected chi connectivity index (χ0v) is 12.9. The normalized spacial score (nSPS) is 13.4. The molecule has 0 aliphatic carbocycles. The molecule has 1 aromatic carbocycles. The lowest BCUT2D eigenvalue weighted by atomic mass is 10.2. The van der Waals surface area contributed by atoms with E-state index in [-0.39, 0.29) is 11.9 Å². The van der Waals surface area contributed by atoms with E-state index in [4.69, 9.17) is 16.7 Å². The third-order valence-electron chi connectivity index (χ3n) is 3.07. The summed E-state index contributed by atoms with van der Waals surface area (Å²) in [6.45, 7) is 1.19. The van der Waals surface area contributed by atoms with Gasteiger partial charge in [-0.2, -0.15) is 17.9 Å². The van der Waals surface area contributed by atoms with Crippen molar-refractivity contribution >= 4 is 23.8 Å². The summed E-state index contributed by atoms with van der Waals surface area (Å²) in [6.07, 6.45) is -4.27. The molecule has 0 saturated carbocycles. The van der Waals surface area contributed by atoms with E-state index in [1.807, 2.05) is 0 Å². The van der Waals surface area contributed by atoms with Crippen molar-refractivity contribution in [1.82, 2.24) is 14.3 Å². The number of benzene rings is 1. The molecule has 0 saturated heterocycles. The van der Waals surface area contributed by atoms with Gasteiger partial charge >= 0.3 is 17.8 Å². The van der Waals surface area contributed by atoms with Gasteiger partial charge in [-0.05, 0) is 31.2 Å². The zero-order valence-electron chi connectivity index (χ0n) is 12.2. The lowest BCUT2D eigenvalue weighted by Crippen LogP contribution is -2.29. The van der Waals surface area contributed by atoms with E-state index >= 15 is 0 Å². The summed E-state index contributed by atoms with van der Waals surface area (Å²) in [5, 5.41) is 13.2. The molecule has 0 radical (unpaired) electrons. The van der Waals surface area contributed by atoms with Gasteiger partial charge in [-0.1, -0.05) is 11.6 Å². The van der Waals surface area contributed by atoms with E-state index in [1.54, 1.807) is 0 Å². The Labute approximate surface area is 138 Å². The maximum atomic E-state index is 12.4. The first-order valence-electron chi connectivity index (χ1n) is 6.56. The lowest BCUT2D eigenvalue weighted by Gasteiger charge is -2.03. The molecule has 1 unspecified atom stereocenters. The topological polar surface area (TPSA) is 77.1 Å². The molecule has 1 atom stereocenters. The molecule has 0 aliphatic heterocycles. The number of carboxylic acids is 1. The van der Waals surface area contributed by atoms with Gasteiger partial charge in [0.2, 0.25) is 0 Å². The molecular weight excluding hydrogens is 351 g/mol. The first kappa shape index (κ1) is 17.8. The number of aliphatic carboxylic acids is 1. The Morgan fingerprint density at radius 1 is 1.33 bits per heavy atom. The van der Waals surface area contributed by atoms with Gasteiger partial charge < -0.3 is 5.11 Å². The molecular formula is C14H11ClF3N3O3. The van der Waals surface area contributed by atoms with Gasteiger partial charge in [0.25, 0.3) is 0 Å². The largest absolute Gasteiger partial charge is 0.480 e. The number of nitrogens with zero attached hydrogens (tertiary/aromatic N) is 3. The molecule has 24 heavy (non-hydrogen) atoms. The maximum absolute atomic E-state index is 12.4. The molecule has 128 valence electrons. The predicted molar refractivity (Wildman–Crippen MR) is 80.7 cm³/mol. The van der Waals surface area contributed by atoms with Crippen LogP contribution in [0.4, 0.5) is 13.2 Å². The highest BCUT2D eigenvalue weighted by molar-refractivity contribution is 6.30. The number of rotatable bonds is 4. The summed E-state index contributed by atoms with van der Waals surface area (Å²) in [5.41, 5.74) is -0.699. The van der Waals surface area contributed by atoms with Gasteiger partial charge in [-0.25, -0.2) is 14.2 Å². The van der Waals surface area contributed by atoms with Crippen LogP contribution in [0.25, 0.3) is 17.6 Å². The van der Waals surface area contributed by atoms with Crippen LogP contribution in [0, 0.1) is 0 Å². The number of carboxylic acid groups (broad SMARTS) is 1. The monoisotopic (exact) mass is 361 g/mol. The highest BCUT2D eigenvalue weighted by Gasteiger charge is 2.25. The van der Waals surface area contributed by atoms with Crippen molar-refractivity contribution in [3.05, 3.63) is 45.8 Å². The number of allylic oxidation sites excluding steroid dienone is 1. The predicted octanol–water partition coefficient (Wildman–Crippen LogP) is 3.04. The first-order valence-corrected chi connectivity index (χ1v) is 6.94. The zero-order chi connectivity index (χ0) is 18.1. The highest BCUT2D eigenvalue weighted by atomic mass is 35.5. The quantitative estimate of drug-likeness (QED) is 0.908. The van der Waals surface area contributed by atoms with E-state index in [2.05, 4.69) is 5.10 Å². The number of halogens is 4. The molecule has 2 rings (SSSR count). The molecule has 1 aromatic heterocycles. The Hall–Kier alpha value is -2.55. The van der Waals surface area contributed by atoms with Crippen molar-refractivity contribution in [2.24, 2.45) is 0 Å². The van der Waals surface area contributed by atoms with Gasteiger partial charge in [0.15, 0.2) is 11.9 Å². The minimum atomic E-state index is -4.64. The smallest absolute Gasteiger partial charge is 0.411 e. The molecule has 0 amide bonds. The lowest BCUT2D eigenvalue weighted by molar-refractivity contribution is -0.140. The van der Waals surface area contributed by atoms with Crippen molar-refractivity contribution in [1.29, 1.82) is 0 Å². The van der Waals surface area contributed by atoms with Crippen LogP contribution >= 0.6 is 11.6 Å².